The molecule has 0 amide bonds. The molecule has 3 heteroatoms. The number of rotatable bonds is 3. The van der Waals surface area contributed by atoms with Crippen LogP contribution in [0.5, 0.6) is 0 Å². The molecule has 0 radical (unpaired) electrons. The summed E-state index contributed by atoms with van der Waals surface area (Å²) in [6.07, 6.45) is 2.41. The summed E-state index contributed by atoms with van der Waals surface area (Å²) in [5.74, 6) is 0.728. The zero-order valence-corrected chi connectivity index (χ0v) is 8.02. The maximum atomic E-state index is 10.3. The SMILES string of the molecule is CC1CC(CC=O)[C@H](O)C[C@@H]1CO. The molecule has 2 unspecified atom stereocenters. The van der Waals surface area contributed by atoms with Gasteiger partial charge < -0.3 is 15.0 Å². The van der Waals surface area contributed by atoms with E-state index in [0.29, 0.717) is 18.8 Å². The van der Waals surface area contributed by atoms with Crippen molar-refractivity contribution in [2.75, 3.05) is 6.61 Å². The smallest absolute Gasteiger partial charge is 0.120 e. The van der Waals surface area contributed by atoms with Crippen molar-refractivity contribution >= 4 is 6.29 Å². The fraction of sp³-hybridized carbons (Fsp3) is 0.900. The molecule has 1 fully saturated rings. The number of aliphatic hydroxyl groups is 2. The van der Waals surface area contributed by atoms with E-state index in [9.17, 15) is 9.90 Å². The molecule has 0 saturated heterocycles. The van der Waals surface area contributed by atoms with Gasteiger partial charge in [0.25, 0.3) is 0 Å². The van der Waals surface area contributed by atoms with Crippen LogP contribution in [0.15, 0.2) is 0 Å². The summed E-state index contributed by atoms with van der Waals surface area (Å²) in [6.45, 7) is 2.22. The van der Waals surface area contributed by atoms with Crippen LogP contribution in [0.1, 0.15) is 26.2 Å². The van der Waals surface area contributed by atoms with Crippen LogP contribution >= 0.6 is 0 Å². The molecule has 3 nitrogen and oxygen atoms in total. The van der Waals surface area contributed by atoms with Gasteiger partial charge in [0.05, 0.1) is 6.10 Å². The zero-order chi connectivity index (χ0) is 9.84. The van der Waals surface area contributed by atoms with Crippen molar-refractivity contribution in [2.24, 2.45) is 17.8 Å². The molecule has 1 saturated carbocycles. The van der Waals surface area contributed by atoms with E-state index in [4.69, 9.17) is 5.11 Å². The highest BCUT2D eigenvalue weighted by molar-refractivity contribution is 5.49. The average molecular weight is 186 g/mol. The van der Waals surface area contributed by atoms with Gasteiger partial charge in [-0.3, -0.25) is 0 Å². The number of hydrogen-bond donors (Lipinski definition) is 2. The Morgan fingerprint density at radius 3 is 2.62 bits per heavy atom. The molecule has 1 rings (SSSR count). The van der Waals surface area contributed by atoms with Crippen LogP contribution in [0.4, 0.5) is 0 Å². The first-order chi connectivity index (χ1) is 6.19. The van der Waals surface area contributed by atoms with Gasteiger partial charge in [-0.25, -0.2) is 0 Å². The van der Waals surface area contributed by atoms with E-state index in [1.54, 1.807) is 0 Å². The fourth-order valence-corrected chi connectivity index (χ4v) is 2.19. The van der Waals surface area contributed by atoms with Crippen molar-refractivity contribution in [3.63, 3.8) is 0 Å². The Bertz CT molecular complexity index is 170. The Labute approximate surface area is 78.8 Å². The monoisotopic (exact) mass is 186 g/mol. The van der Waals surface area contributed by atoms with Gasteiger partial charge in [-0.1, -0.05) is 6.92 Å². The van der Waals surface area contributed by atoms with Crippen molar-refractivity contribution in [3.8, 4) is 0 Å². The fourth-order valence-electron chi connectivity index (χ4n) is 2.19. The van der Waals surface area contributed by atoms with Crippen LogP contribution in [0.25, 0.3) is 0 Å². The van der Waals surface area contributed by atoms with Crippen LogP contribution in [0, 0.1) is 17.8 Å². The Balaban J connectivity index is 2.50. The minimum Gasteiger partial charge on any atom is -0.396 e. The molecule has 0 heterocycles. The summed E-state index contributed by atoms with van der Waals surface area (Å²) >= 11 is 0. The van der Waals surface area contributed by atoms with Crippen molar-refractivity contribution in [1.82, 2.24) is 0 Å². The maximum absolute atomic E-state index is 10.3. The highest BCUT2D eigenvalue weighted by Crippen LogP contribution is 2.34. The molecule has 0 aromatic heterocycles. The molecule has 0 bridgehead atoms. The van der Waals surface area contributed by atoms with E-state index in [0.717, 1.165) is 12.7 Å². The summed E-state index contributed by atoms with van der Waals surface area (Å²) in [6, 6.07) is 0. The number of aliphatic hydroxyl groups excluding tert-OH is 2. The zero-order valence-electron chi connectivity index (χ0n) is 8.02. The summed E-state index contributed by atoms with van der Waals surface area (Å²) in [5.41, 5.74) is 0. The van der Waals surface area contributed by atoms with E-state index < -0.39 is 6.10 Å². The summed E-state index contributed by atoms with van der Waals surface area (Å²) in [4.78, 5) is 10.3. The predicted octanol–water partition coefficient (Wildman–Crippen LogP) is 0.591. The van der Waals surface area contributed by atoms with E-state index in [1.165, 1.54) is 0 Å². The Morgan fingerprint density at radius 1 is 1.38 bits per heavy atom. The third-order valence-corrected chi connectivity index (χ3v) is 3.20. The van der Waals surface area contributed by atoms with Crippen LogP contribution in [0.2, 0.25) is 0 Å². The third kappa shape index (κ3) is 2.51. The van der Waals surface area contributed by atoms with Crippen molar-refractivity contribution < 1.29 is 15.0 Å². The molecular weight excluding hydrogens is 168 g/mol. The molecule has 76 valence electrons. The van der Waals surface area contributed by atoms with Gasteiger partial charge >= 0.3 is 0 Å². The first kappa shape index (κ1) is 10.7. The van der Waals surface area contributed by atoms with Crippen molar-refractivity contribution in [2.45, 2.75) is 32.3 Å². The van der Waals surface area contributed by atoms with Gasteiger partial charge in [0, 0.05) is 13.0 Å². The molecule has 13 heavy (non-hydrogen) atoms. The standard InChI is InChI=1S/C10H18O3/c1-7-4-8(2-3-11)10(13)5-9(7)6-12/h3,7-10,12-13H,2,4-6H2,1H3/t7?,8?,9-,10-/m1/s1. The molecule has 0 aromatic carbocycles. The average Bonchev–Trinajstić information content (AvgIpc) is 2.11. The van der Waals surface area contributed by atoms with E-state index in [2.05, 4.69) is 6.92 Å². The van der Waals surface area contributed by atoms with Crippen LogP contribution in [-0.4, -0.2) is 29.2 Å². The second-order valence-corrected chi connectivity index (χ2v) is 4.12. The molecule has 4 atom stereocenters. The topological polar surface area (TPSA) is 57.5 Å². The van der Waals surface area contributed by atoms with Crippen LogP contribution in [-0.2, 0) is 4.79 Å². The van der Waals surface area contributed by atoms with Gasteiger partial charge in [-0.15, -0.1) is 0 Å². The Kier molecular flexibility index (Phi) is 3.88. The lowest BCUT2D eigenvalue weighted by Crippen LogP contribution is -2.36. The predicted molar refractivity (Wildman–Crippen MR) is 49.2 cm³/mol. The summed E-state index contributed by atoms with van der Waals surface area (Å²) in [7, 11) is 0. The molecule has 1 aliphatic rings. The Morgan fingerprint density at radius 2 is 2.08 bits per heavy atom. The minimum absolute atomic E-state index is 0.107. The van der Waals surface area contributed by atoms with Gasteiger partial charge in [0.1, 0.15) is 6.29 Å². The lowest BCUT2D eigenvalue weighted by molar-refractivity contribution is -0.110. The maximum Gasteiger partial charge on any atom is 0.120 e. The van der Waals surface area contributed by atoms with Crippen LogP contribution in [0.3, 0.4) is 0 Å². The highest BCUT2D eigenvalue weighted by atomic mass is 16.3. The number of aldehydes is 1. The lowest BCUT2D eigenvalue weighted by Gasteiger charge is -2.36. The van der Waals surface area contributed by atoms with Gasteiger partial charge in [-0.2, -0.15) is 0 Å². The second-order valence-electron chi connectivity index (χ2n) is 4.12. The number of carbonyl (C=O) groups excluding carboxylic acids is 1. The van der Waals surface area contributed by atoms with Gasteiger partial charge in [-0.05, 0) is 30.6 Å². The number of carbonyl (C=O) groups is 1. The molecular formula is C10H18O3. The second kappa shape index (κ2) is 4.72. The third-order valence-electron chi connectivity index (χ3n) is 3.20. The normalized spacial score (nSPS) is 40.2. The first-order valence-electron chi connectivity index (χ1n) is 4.91. The van der Waals surface area contributed by atoms with E-state index in [-0.39, 0.29) is 18.4 Å². The first-order valence-corrected chi connectivity index (χ1v) is 4.91. The minimum atomic E-state index is -0.404. The largest absolute Gasteiger partial charge is 0.396 e. The molecule has 2 N–H and O–H groups in total. The van der Waals surface area contributed by atoms with Crippen molar-refractivity contribution in [3.05, 3.63) is 0 Å². The molecule has 0 aromatic rings. The van der Waals surface area contributed by atoms with Gasteiger partial charge in [0.2, 0.25) is 0 Å². The number of hydrogen-bond acceptors (Lipinski definition) is 3. The molecule has 1 aliphatic carbocycles. The summed E-state index contributed by atoms with van der Waals surface area (Å²) < 4.78 is 0. The lowest BCUT2D eigenvalue weighted by atomic mass is 9.73. The van der Waals surface area contributed by atoms with E-state index >= 15 is 0 Å². The molecule has 0 aliphatic heterocycles. The van der Waals surface area contributed by atoms with E-state index in [1.807, 2.05) is 0 Å². The summed E-state index contributed by atoms with van der Waals surface area (Å²) in [5, 5.41) is 18.7. The molecule has 0 spiro atoms. The van der Waals surface area contributed by atoms with Gasteiger partial charge in [0.15, 0.2) is 0 Å². The van der Waals surface area contributed by atoms with Crippen LogP contribution < -0.4 is 0 Å². The highest BCUT2D eigenvalue weighted by Gasteiger charge is 2.33. The van der Waals surface area contributed by atoms with Crippen molar-refractivity contribution in [1.29, 1.82) is 0 Å². The quantitative estimate of drug-likeness (QED) is 0.634. The Hall–Kier alpha value is -0.410.